The van der Waals surface area contributed by atoms with E-state index in [2.05, 4.69) is 9.97 Å². The molecule has 3 N–H and O–H groups in total. The molecule has 2 aromatic heterocycles. The number of halogens is 2. The number of rotatable bonds is 6. The monoisotopic (exact) mass is 381 g/mol. The lowest BCUT2D eigenvalue weighted by Crippen LogP contribution is -2.00. The first kappa shape index (κ1) is 18.4. The van der Waals surface area contributed by atoms with Crippen molar-refractivity contribution in [3.63, 3.8) is 0 Å². The maximum Gasteiger partial charge on any atom is 0.150 e. The van der Waals surface area contributed by atoms with Gasteiger partial charge in [0.05, 0.1) is 23.8 Å². The fraction of sp³-hybridized carbons (Fsp3) is 0.227. The third-order valence-corrected chi connectivity index (χ3v) is 5.03. The van der Waals surface area contributed by atoms with Crippen LogP contribution in [0.2, 0.25) is 0 Å². The van der Waals surface area contributed by atoms with E-state index in [0.29, 0.717) is 29.6 Å². The van der Waals surface area contributed by atoms with Crippen molar-refractivity contribution < 1.29 is 13.5 Å². The average molecular weight is 381 g/mol. The number of hydrogen-bond acceptors (Lipinski definition) is 3. The van der Waals surface area contributed by atoms with Crippen LogP contribution < -0.4 is 10.5 Å². The van der Waals surface area contributed by atoms with E-state index in [0.717, 1.165) is 46.6 Å². The van der Waals surface area contributed by atoms with Crippen molar-refractivity contribution in [3.05, 3.63) is 59.8 Å². The zero-order valence-corrected chi connectivity index (χ0v) is 15.6. The topological polar surface area (TPSA) is 63.9 Å². The van der Waals surface area contributed by atoms with Crippen molar-refractivity contribution in [2.45, 2.75) is 19.3 Å². The number of ether oxygens (including phenoxy) is 1. The van der Waals surface area contributed by atoms with Gasteiger partial charge in [0.15, 0.2) is 0 Å². The maximum absolute atomic E-state index is 14.5. The zero-order chi connectivity index (χ0) is 19.7. The van der Waals surface area contributed by atoms with Crippen LogP contribution in [-0.4, -0.2) is 23.6 Å². The minimum Gasteiger partial charge on any atom is -0.496 e. The van der Waals surface area contributed by atoms with Crippen LogP contribution in [0.5, 0.6) is 5.75 Å². The Hall–Kier alpha value is -2.99. The van der Waals surface area contributed by atoms with Crippen molar-refractivity contribution in [2.24, 2.45) is 5.73 Å². The number of aromatic amines is 1. The van der Waals surface area contributed by atoms with Gasteiger partial charge in [0.2, 0.25) is 0 Å². The summed E-state index contributed by atoms with van der Waals surface area (Å²) in [6.07, 6.45) is 4.02. The number of hydrogen-bond donors (Lipinski definition) is 2. The molecule has 0 amide bonds. The van der Waals surface area contributed by atoms with Crippen LogP contribution in [-0.2, 0) is 6.42 Å². The van der Waals surface area contributed by atoms with Gasteiger partial charge in [-0.3, -0.25) is 4.98 Å². The van der Waals surface area contributed by atoms with Gasteiger partial charge in [-0.15, -0.1) is 0 Å². The van der Waals surface area contributed by atoms with Crippen LogP contribution >= 0.6 is 0 Å². The zero-order valence-electron chi connectivity index (χ0n) is 15.6. The molecule has 0 bridgehead atoms. The molecule has 0 radical (unpaired) electrons. The van der Waals surface area contributed by atoms with Gasteiger partial charge in [-0.2, -0.15) is 0 Å². The molecule has 0 aliphatic carbocycles. The Morgan fingerprint density at radius 2 is 1.96 bits per heavy atom. The average Bonchev–Trinajstić information content (AvgIpc) is 3.05. The summed E-state index contributed by atoms with van der Waals surface area (Å²) in [5.41, 5.74) is 9.12. The molecule has 0 saturated carbocycles. The van der Waals surface area contributed by atoms with E-state index in [1.807, 2.05) is 24.3 Å². The number of pyridine rings is 1. The number of aromatic nitrogens is 2. The van der Waals surface area contributed by atoms with Crippen molar-refractivity contribution >= 4 is 21.8 Å². The van der Waals surface area contributed by atoms with Gasteiger partial charge >= 0.3 is 0 Å². The van der Waals surface area contributed by atoms with Gasteiger partial charge in [-0.1, -0.05) is 6.07 Å². The van der Waals surface area contributed by atoms with E-state index >= 15 is 0 Å². The van der Waals surface area contributed by atoms with E-state index in [9.17, 15) is 8.78 Å². The van der Waals surface area contributed by atoms with Gasteiger partial charge in [0.1, 0.15) is 17.4 Å². The largest absolute Gasteiger partial charge is 0.496 e. The lowest BCUT2D eigenvalue weighted by Gasteiger charge is -2.13. The van der Waals surface area contributed by atoms with Gasteiger partial charge in [-0.25, -0.2) is 8.78 Å². The quantitative estimate of drug-likeness (QED) is 0.465. The number of fused-ring (bicyclic) bond motifs is 2. The van der Waals surface area contributed by atoms with E-state index in [1.54, 1.807) is 13.3 Å². The van der Waals surface area contributed by atoms with Gasteiger partial charge in [-0.05, 0) is 55.6 Å². The first-order valence-corrected chi connectivity index (χ1v) is 9.25. The lowest BCUT2D eigenvalue weighted by atomic mass is 9.97. The molecular formula is C22H21F2N3O. The molecule has 4 aromatic rings. The molecule has 0 spiro atoms. The van der Waals surface area contributed by atoms with Crippen molar-refractivity contribution in [2.75, 3.05) is 13.7 Å². The fourth-order valence-electron chi connectivity index (χ4n) is 3.75. The first-order chi connectivity index (χ1) is 13.6. The van der Waals surface area contributed by atoms with Crippen molar-refractivity contribution in [1.29, 1.82) is 0 Å². The minimum atomic E-state index is -0.612. The summed E-state index contributed by atoms with van der Waals surface area (Å²) in [6, 6.07) is 9.81. The molecule has 4 rings (SSSR count). The molecule has 0 atom stereocenters. The number of benzene rings is 2. The molecule has 0 fully saturated rings. The van der Waals surface area contributed by atoms with E-state index in [4.69, 9.17) is 10.5 Å². The fourth-order valence-corrected chi connectivity index (χ4v) is 3.75. The third-order valence-electron chi connectivity index (χ3n) is 5.03. The summed E-state index contributed by atoms with van der Waals surface area (Å²) in [5, 5.41) is 1.43. The van der Waals surface area contributed by atoms with Crippen molar-refractivity contribution in [3.8, 4) is 17.0 Å². The Kier molecular flexibility index (Phi) is 4.96. The van der Waals surface area contributed by atoms with Crippen LogP contribution in [0.1, 0.15) is 18.4 Å². The number of unbranched alkanes of at least 4 members (excludes halogenated alkanes) is 1. The first-order valence-electron chi connectivity index (χ1n) is 9.25. The van der Waals surface area contributed by atoms with Gasteiger partial charge in [0.25, 0.3) is 0 Å². The molecule has 0 aliphatic rings. The summed E-state index contributed by atoms with van der Waals surface area (Å²) in [7, 11) is 1.60. The second-order valence-corrected chi connectivity index (χ2v) is 6.75. The highest BCUT2D eigenvalue weighted by Gasteiger charge is 2.21. The standard InChI is InChI=1S/C22H21F2N3O/c1-28-19-8-7-18-15(6-4-10-26-18)20(19)22-14(5-2-3-9-25)16-11-13(23)12-17(24)21(16)27-22/h4,6-8,10-12,27H,2-3,5,9,25H2,1H3. The van der Waals surface area contributed by atoms with Crippen LogP contribution in [0.15, 0.2) is 42.6 Å². The predicted molar refractivity (Wildman–Crippen MR) is 107 cm³/mol. The Morgan fingerprint density at radius 1 is 1.11 bits per heavy atom. The van der Waals surface area contributed by atoms with Crippen LogP contribution in [0.4, 0.5) is 8.78 Å². The lowest BCUT2D eigenvalue weighted by molar-refractivity contribution is 0.417. The van der Waals surface area contributed by atoms with Crippen molar-refractivity contribution in [1.82, 2.24) is 9.97 Å². The Balaban J connectivity index is 2.05. The van der Waals surface area contributed by atoms with Crippen LogP contribution in [0.3, 0.4) is 0 Å². The summed E-state index contributed by atoms with van der Waals surface area (Å²) >= 11 is 0. The molecule has 2 heterocycles. The normalized spacial score (nSPS) is 11.4. The summed E-state index contributed by atoms with van der Waals surface area (Å²) < 4.78 is 34.1. The molecule has 6 heteroatoms. The molecule has 4 nitrogen and oxygen atoms in total. The third kappa shape index (κ3) is 3.10. The van der Waals surface area contributed by atoms with E-state index in [1.165, 1.54) is 6.07 Å². The Bertz CT molecular complexity index is 1150. The SMILES string of the molecule is COc1ccc2ncccc2c1-c1[nH]c2c(F)cc(F)cc2c1CCCCN. The number of nitrogens with zero attached hydrogens (tertiary/aromatic N) is 1. The highest BCUT2D eigenvalue weighted by Crippen LogP contribution is 2.41. The maximum atomic E-state index is 14.5. The molecule has 28 heavy (non-hydrogen) atoms. The second kappa shape index (κ2) is 7.56. The van der Waals surface area contributed by atoms with Crippen LogP contribution in [0, 0.1) is 11.6 Å². The summed E-state index contributed by atoms with van der Waals surface area (Å²) in [5.74, 6) is -0.561. The predicted octanol–water partition coefficient (Wildman–Crippen LogP) is 4.95. The number of nitrogens with two attached hydrogens (primary N) is 1. The molecule has 144 valence electrons. The second-order valence-electron chi connectivity index (χ2n) is 6.75. The minimum absolute atomic E-state index is 0.294. The highest BCUT2D eigenvalue weighted by atomic mass is 19.1. The van der Waals surface area contributed by atoms with E-state index < -0.39 is 11.6 Å². The Labute approximate surface area is 161 Å². The molecule has 2 aromatic carbocycles. The molecule has 0 aliphatic heterocycles. The summed E-state index contributed by atoms with van der Waals surface area (Å²) in [4.78, 5) is 7.60. The Morgan fingerprint density at radius 3 is 2.75 bits per heavy atom. The molecule has 0 saturated heterocycles. The molecule has 0 unspecified atom stereocenters. The number of methoxy groups -OCH3 is 1. The van der Waals surface area contributed by atoms with Gasteiger partial charge < -0.3 is 15.5 Å². The number of aryl methyl sites for hydroxylation is 1. The number of nitrogens with one attached hydrogen (secondary N) is 1. The number of H-pyrrole nitrogens is 1. The smallest absolute Gasteiger partial charge is 0.150 e. The summed E-state index contributed by atoms with van der Waals surface area (Å²) in [6.45, 7) is 0.571. The van der Waals surface area contributed by atoms with Crippen LogP contribution in [0.25, 0.3) is 33.1 Å². The van der Waals surface area contributed by atoms with Gasteiger partial charge in [0, 0.05) is 28.6 Å². The highest BCUT2D eigenvalue weighted by molar-refractivity contribution is 6.02. The van der Waals surface area contributed by atoms with E-state index in [-0.39, 0.29) is 0 Å². The molecular weight excluding hydrogens is 360 g/mol.